The van der Waals surface area contributed by atoms with Crippen LogP contribution in [0.5, 0.6) is 11.5 Å². The summed E-state index contributed by atoms with van der Waals surface area (Å²) in [7, 11) is 1.78. The molecule has 2 aromatic rings. The molecule has 4 bridgehead atoms. The number of carboxylic acid groups (broad SMARTS) is 1. The number of carboxylic acids is 1. The van der Waals surface area contributed by atoms with Gasteiger partial charge in [0.2, 0.25) is 0 Å². The van der Waals surface area contributed by atoms with Crippen LogP contribution in [0, 0.1) is 17.8 Å². The fourth-order valence-electron chi connectivity index (χ4n) is 6.56. The zero-order valence-electron chi connectivity index (χ0n) is 16.9. The van der Waals surface area contributed by atoms with E-state index in [-0.39, 0.29) is 11.0 Å². The maximum atomic E-state index is 11.0. The van der Waals surface area contributed by atoms with Gasteiger partial charge in [-0.15, -0.1) is 0 Å². The first-order valence-electron chi connectivity index (χ1n) is 10.7. The molecule has 4 aliphatic carbocycles. The lowest BCUT2D eigenvalue weighted by Crippen LogP contribution is -2.48. The van der Waals surface area contributed by atoms with Crippen molar-refractivity contribution in [1.29, 1.82) is 0 Å². The first-order chi connectivity index (χ1) is 14.0. The standard InChI is InChI=1S/C25H28O4/c1-28-23-7-2-16(15-29-21-5-3-20(4-6-21)24(26)27)11-22(23)25-12-17-8-18(13-25)10-19(9-17)14-25/h2-7,11,17-19H,8-10,12-15H2,1H3,(H,26,27). The van der Waals surface area contributed by atoms with Crippen LogP contribution in [-0.4, -0.2) is 18.2 Å². The molecule has 4 aliphatic rings. The van der Waals surface area contributed by atoms with Crippen molar-refractivity contribution in [1.82, 2.24) is 0 Å². The van der Waals surface area contributed by atoms with E-state index in [1.165, 1.54) is 44.1 Å². The third-order valence-corrected chi connectivity index (χ3v) is 7.38. The Bertz CT molecular complexity index is 880. The maximum absolute atomic E-state index is 11.0. The highest BCUT2D eigenvalue weighted by Crippen LogP contribution is 2.61. The largest absolute Gasteiger partial charge is 0.496 e. The molecule has 152 valence electrons. The van der Waals surface area contributed by atoms with E-state index in [2.05, 4.69) is 18.2 Å². The molecule has 4 fully saturated rings. The zero-order valence-corrected chi connectivity index (χ0v) is 16.9. The summed E-state index contributed by atoms with van der Waals surface area (Å²) >= 11 is 0. The Morgan fingerprint density at radius 3 is 2.17 bits per heavy atom. The van der Waals surface area contributed by atoms with Crippen LogP contribution in [0.25, 0.3) is 0 Å². The van der Waals surface area contributed by atoms with Gasteiger partial charge < -0.3 is 14.6 Å². The van der Waals surface area contributed by atoms with E-state index >= 15 is 0 Å². The van der Waals surface area contributed by atoms with Gasteiger partial charge in [0, 0.05) is 5.56 Å². The Morgan fingerprint density at radius 1 is 1.00 bits per heavy atom. The Labute approximate surface area is 171 Å². The summed E-state index contributed by atoms with van der Waals surface area (Å²) in [4.78, 5) is 11.0. The molecule has 29 heavy (non-hydrogen) atoms. The highest BCUT2D eigenvalue weighted by atomic mass is 16.5. The first-order valence-corrected chi connectivity index (χ1v) is 10.7. The van der Waals surface area contributed by atoms with E-state index in [4.69, 9.17) is 14.6 Å². The van der Waals surface area contributed by atoms with Crippen LogP contribution in [0.15, 0.2) is 42.5 Å². The van der Waals surface area contributed by atoms with Gasteiger partial charge in [-0.25, -0.2) is 4.79 Å². The second-order valence-electron chi connectivity index (χ2n) is 9.35. The monoisotopic (exact) mass is 392 g/mol. The van der Waals surface area contributed by atoms with Crippen LogP contribution < -0.4 is 9.47 Å². The van der Waals surface area contributed by atoms with Crippen molar-refractivity contribution in [3.05, 3.63) is 59.2 Å². The molecule has 0 aliphatic heterocycles. The highest BCUT2D eigenvalue weighted by Gasteiger charge is 2.52. The minimum Gasteiger partial charge on any atom is -0.496 e. The molecule has 0 saturated heterocycles. The van der Waals surface area contributed by atoms with Gasteiger partial charge in [0.1, 0.15) is 18.1 Å². The lowest BCUT2D eigenvalue weighted by atomic mass is 9.48. The zero-order chi connectivity index (χ0) is 20.0. The Balaban J connectivity index is 1.38. The molecule has 0 amide bonds. The summed E-state index contributed by atoms with van der Waals surface area (Å²) < 4.78 is 11.7. The van der Waals surface area contributed by atoms with Crippen molar-refractivity contribution < 1.29 is 19.4 Å². The number of ether oxygens (including phenoxy) is 2. The summed E-state index contributed by atoms with van der Waals surface area (Å²) in [6.07, 6.45) is 8.19. The summed E-state index contributed by atoms with van der Waals surface area (Å²) in [6, 6.07) is 13.1. The summed E-state index contributed by atoms with van der Waals surface area (Å²) in [6.45, 7) is 0.468. The predicted octanol–water partition coefficient (Wildman–Crippen LogP) is 5.44. The topological polar surface area (TPSA) is 55.8 Å². The molecule has 0 atom stereocenters. The second kappa shape index (κ2) is 7.08. The third kappa shape index (κ3) is 3.39. The molecule has 4 nitrogen and oxygen atoms in total. The lowest BCUT2D eigenvalue weighted by molar-refractivity contribution is -0.00621. The van der Waals surface area contributed by atoms with E-state index in [1.54, 1.807) is 31.4 Å². The number of benzene rings is 2. The SMILES string of the molecule is COc1ccc(COc2ccc(C(=O)O)cc2)cc1C12CC3CC(CC(C3)C1)C2. The number of aromatic carboxylic acids is 1. The van der Waals surface area contributed by atoms with E-state index in [9.17, 15) is 4.79 Å². The van der Waals surface area contributed by atoms with Gasteiger partial charge in [-0.05, 0) is 104 Å². The smallest absolute Gasteiger partial charge is 0.335 e. The third-order valence-electron chi connectivity index (χ3n) is 7.38. The number of hydrogen-bond donors (Lipinski definition) is 1. The van der Waals surface area contributed by atoms with E-state index in [0.29, 0.717) is 12.4 Å². The molecule has 0 unspecified atom stereocenters. The maximum Gasteiger partial charge on any atom is 0.335 e. The van der Waals surface area contributed by atoms with Crippen LogP contribution >= 0.6 is 0 Å². The Hall–Kier alpha value is -2.49. The van der Waals surface area contributed by atoms with Crippen molar-refractivity contribution in [2.45, 2.75) is 50.5 Å². The normalized spacial score (nSPS) is 29.6. The van der Waals surface area contributed by atoms with E-state index < -0.39 is 5.97 Å². The molecule has 2 aromatic carbocycles. The lowest BCUT2D eigenvalue weighted by Gasteiger charge is -2.57. The summed E-state index contributed by atoms with van der Waals surface area (Å²) in [5.41, 5.74) is 3.06. The van der Waals surface area contributed by atoms with Crippen LogP contribution in [0.4, 0.5) is 0 Å². The van der Waals surface area contributed by atoms with Crippen molar-refractivity contribution in [3.63, 3.8) is 0 Å². The number of rotatable bonds is 6. The molecule has 6 rings (SSSR count). The van der Waals surface area contributed by atoms with E-state index in [1.807, 2.05) is 0 Å². The van der Waals surface area contributed by atoms with Gasteiger partial charge in [-0.3, -0.25) is 0 Å². The minimum atomic E-state index is -0.924. The average Bonchev–Trinajstić information content (AvgIpc) is 2.71. The molecule has 0 aromatic heterocycles. The first kappa shape index (κ1) is 18.5. The summed E-state index contributed by atoms with van der Waals surface area (Å²) in [5, 5.41) is 9.03. The highest BCUT2D eigenvalue weighted by molar-refractivity contribution is 5.87. The fourth-order valence-corrected chi connectivity index (χ4v) is 6.56. The molecular formula is C25H28O4. The number of hydrogen-bond acceptors (Lipinski definition) is 3. The van der Waals surface area contributed by atoms with Crippen molar-refractivity contribution in [3.8, 4) is 11.5 Å². The summed E-state index contributed by atoms with van der Waals surface area (Å²) in [5.74, 6) is 3.44. The molecule has 0 heterocycles. The van der Waals surface area contributed by atoms with Gasteiger partial charge in [-0.2, -0.15) is 0 Å². The van der Waals surface area contributed by atoms with Gasteiger partial charge in [0.15, 0.2) is 0 Å². The fraction of sp³-hybridized carbons (Fsp3) is 0.480. The molecule has 0 radical (unpaired) electrons. The van der Waals surface area contributed by atoms with Crippen LogP contribution in [0.1, 0.15) is 60.0 Å². The van der Waals surface area contributed by atoms with Crippen molar-refractivity contribution in [2.75, 3.05) is 7.11 Å². The number of methoxy groups -OCH3 is 1. The quantitative estimate of drug-likeness (QED) is 0.711. The van der Waals surface area contributed by atoms with E-state index in [0.717, 1.165) is 29.1 Å². The van der Waals surface area contributed by atoms with Crippen LogP contribution in [-0.2, 0) is 12.0 Å². The average molecular weight is 392 g/mol. The van der Waals surface area contributed by atoms with Gasteiger partial charge >= 0.3 is 5.97 Å². The Kier molecular flexibility index (Phi) is 4.53. The molecular weight excluding hydrogens is 364 g/mol. The van der Waals surface area contributed by atoms with Crippen molar-refractivity contribution in [2.24, 2.45) is 17.8 Å². The minimum absolute atomic E-state index is 0.269. The van der Waals surface area contributed by atoms with Crippen molar-refractivity contribution >= 4 is 5.97 Å². The van der Waals surface area contributed by atoms with Crippen LogP contribution in [0.3, 0.4) is 0 Å². The van der Waals surface area contributed by atoms with Crippen LogP contribution in [0.2, 0.25) is 0 Å². The Morgan fingerprint density at radius 2 is 1.62 bits per heavy atom. The second-order valence-corrected chi connectivity index (χ2v) is 9.35. The molecule has 4 heteroatoms. The predicted molar refractivity (Wildman–Crippen MR) is 111 cm³/mol. The van der Waals surface area contributed by atoms with Gasteiger partial charge in [0.25, 0.3) is 0 Å². The molecule has 4 saturated carbocycles. The molecule has 0 spiro atoms. The molecule has 1 N–H and O–H groups in total. The number of carbonyl (C=O) groups is 1. The van der Waals surface area contributed by atoms with Gasteiger partial charge in [-0.1, -0.05) is 6.07 Å². The van der Waals surface area contributed by atoms with Gasteiger partial charge in [0.05, 0.1) is 12.7 Å².